The predicted octanol–water partition coefficient (Wildman–Crippen LogP) is 5.89. The molecule has 0 bridgehead atoms. The largest absolute Gasteiger partial charge is 0.490 e. The Bertz CT molecular complexity index is 990. The number of amides is 1. The lowest BCUT2D eigenvalue weighted by molar-refractivity contribution is -0.114. The second-order valence-corrected chi connectivity index (χ2v) is 7.08. The Morgan fingerprint density at radius 3 is 2.30 bits per heavy atom. The van der Waals surface area contributed by atoms with Crippen molar-refractivity contribution < 1.29 is 14.3 Å². The number of nitrogens with one attached hydrogen (secondary N) is 2. The number of para-hydroxylation sites is 1. The van der Waals surface area contributed by atoms with E-state index in [0.717, 1.165) is 22.5 Å². The van der Waals surface area contributed by atoms with Crippen LogP contribution in [0.3, 0.4) is 0 Å². The number of carbonyl (C=O) groups excluding carboxylic acids is 1. The van der Waals surface area contributed by atoms with Crippen molar-refractivity contribution in [2.45, 2.75) is 27.0 Å². The van der Waals surface area contributed by atoms with E-state index >= 15 is 0 Å². The molecule has 6 heteroatoms. The maximum absolute atomic E-state index is 11.2. The summed E-state index contributed by atoms with van der Waals surface area (Å²) in [6.45, 7) is 4.88. The molecule has 2 N–H and O–H groups in total. The van der Waals surface area contributed by atoms with Crippen molar-refractivity contribution in [2.75, 3.05) is 17.2 Å². The lowest BCUT2D eigenvalue weighted by Crippen LogP contribution is -2.07. The summed E-state index contributed by atoms with van der Waals surface area (Å²) < 4.78 is 11.9. The van der Waals surface area contributed by atoms with Crippen LogP contribution in [0, 0.1) is 0 Å². The van der Waals surface area contributed by atoms with Gasteiger partial charge in [-0.15, -0.1) is 0 Å². The van der Waals surface area contributed by atoms with Gasteiger partial charge < -0.3 is 20.1 Å². The van der Waals surface area contributed by atoms with E-state index in [1.165, 1.54) is 6.92 Å². The Morgan fingerprint density at radius 2 is 1.60 bits per heavy atom. The van der Waals surface area contributed by atoms with Gasteiger partial charge in [0.1, 0.15) is 6.61 Å². The first-order valence-corrected chi connectivity index (χ1v) is 10.2. The van der Waals surface area contributed by atoms with Crippen molar-refractivity contribution in [1.29, 1.82) is 0 Å². The number of halogens is 1. The van der Waals surface area contributed by atoms with E-state index in [2.05, 4.69) is 10.6 Å². The van der Waals surface area contributed by atoms with Crippen LogP contribution in [0.4, 0.5) is 11.4 Å². The SMILES string of the molecule is CCOc1cccc(CNc2ccc(NC(C)=O)cc2)c1OCc1ccccc1Cl. The van der Waals surface area contributed by atoms with E-state index in [1.807, 2.05) is 73.7 Å². The highest BCUT2D eigenvalue weighted by atomic mass is 35.5. The molecular formula is C24H25ClN2O3. The van der Waals surface area contributed by atoms with Gasteiger partial charge in [-0.25, -0.2) is 0 Å². The topological polar surface area (TPSA) is 59.6 Å². The molecule has 30 heavy (non-hydrogen) atoms. The molecule has 0 saturated heterocycles. The fourth-order valence-electron chi connectivity index (χ4n) is 2.97. The summed E-state index contributed by atoms with van der Waals surface area (Å²) in [5, 5.41) is 6.82. The summed E-state index contributed by atoms with van der Waals surface area (Å²) in [7, 11) is 0. The number of hydrogen-bond acceptors (Lipinski definition) is 4. The number of rotatable bonds is 9. The third-order valence-corrected chi connectivity index (χ3v) is 4.75. The molecule has 156 valence electrons. The minimum Gasteiger partial charge on any atom is -0.490 e. The van der Waals surface area contributed by atoms with Gasteiger partial charge in [-0.1, -0.05) is 41.9 Å². The second kappa shape index (κ2) is 10.6. The molecule has 0 aromatic heterocycles. The van der Waals surface area contributed by atoms with E-state index < -0.39 is 0 Å². The molecule has 5 nitrogen and oxygen atoms in total. The van der Waals surface area contributed by atoms with E-state index in [1.54, 1.807) is 0 Å². The van der Waals surface area contributed by atoms with E-state index in [0.29, 0.717) is 36.3 Å². The van der Waals surface area contributed by atoms with E-state index in [-0.39, 0.29) is 5.91 Å². The number of carbonyl (C=O) groups is 1. The highest BCUT2D eigenvalue weighted by molar-refractivity contribution is 6.31. The fraction of sp³-hybridized carbons (Fsp3) is 0.208. The quantitative estimate of drug-likeness (QED) is 0.449. The Hall–Kier alpha value is -3.18. The first-order chi connectivity index (χ1) is 14.6. The maximum atomic E-state index is 11.2. The molecule has 3 rings (SSSR count). The Labute approximate surface area is 182 Å². The Morgan fingerprint density at radius 1 is 0.900 bits per heavy atom. The molecule has 0 heterocycles. The molecular weight excluding hydrogens is 400 g/mol. The van der Waals surface area contributed by atoms with Gasteiger partial charge in [0.05, 0.1) is 6.61 Å². The Kier molecular flexibility index (Phi) is 7.57. The lowest BCUT2D eigenvalue weighted by Gasteiger charge is -2.17. The number of anilines is 2. The summed E-state index contributed by atoms with van der Waals surface area (Å²) in [6.07, 6.45) is 0. The summed E-state index contributed by atoms with van der Waals surface area (Å²) in [4.78, 5) is 11.2. The molecule has 0 spiro atoms. The molecule has 0 saturated carbocycles. The normalized spacial score (nSPS) is 10.4. The van der Waals surface area contributed by atoms with Gasteiger partial charge in [0.25, 0.3) is 0 Å². The van der Waals surface area contributed by atoms with Crippen LogP contribution in [-0.2, 0) is 17.9 Å². The van der Waals surface area contributed by atoms with Crippen LogP contribution in [-0.4, -0.2) is 12.5 Å². The molecule has 0 aliphatic rings. The molecule has 3 aromatic carbocycles. The zero-order valence-corrected chi connectivity index (χ0v) is 17.8. The second-order valence-electron chi connectivity index (χ2n) is 6.67. The van der Waals surface area contributed by atoms with Gasteiger partial charge in [0.2, 0.25) is 5.91 Å². The number of hydrogen-bond donors (Lipinski definition) is 2. The zero-order chi connectivity index (χ0) is 21.3. The summed E-state index contributed by atoms with van der Waals surface area (Å²) in [5.41, 5.74) is 3.58. The van der Waals surface area contributed by atoms with Crippen LogP contribution in [0.5, 0.6) is 11.5 Å². The van der Waals surface area contributed by atoms with Crippen LogP contribution in [0.2, 0.25) is 5.02 Å². The maximum Gasteiger partial charge on any atom is 0.221 e. The van der Waals surface area contributed by atoms with Crippen LogP contribution < -0.4 is 20.1 Å². The zero-order valence-electron chi connectivity index (χ0n) is 17.1. The highest BCUT2D eigenvalue weighted by Crippen LogP contribution is 2.33. The molecule has 1 amide bonds. The van der Waals surface area contributed by atoms with Gasteiger partial charge in [-0.3, -0.25) is 4.79 Å². The van der Waals surface area contributed by atoms with Crippen LogP contribution >= 0.6 is 11.6 Å². The van der Waals surface area contributed by atoms with Crippen molar-refractivity contribution in [3.8, 4) is 11.5 Å². The molecule has 0 aliphatic carbocycles. The minimum absolute atomic E-state index is 0.0937. The molecule has 0 unspecified atom stereocenters. The van der Waals surface area contributed by atoms with Crippen molar-refractivity contribution in [3.63, 3.8) is 0 Å². The first kappa shape index (κ1) is 21.5. The number of ether oxygens (including phenoxy) is 2. The summed E-state index contributed by atoms with van der Waals surface area (Å²) in [5.74, 6) is 1.30. The molecule has 0 aliphatic heterocycles. The minimum atomic E-state index is -0.0937. The molecule has 0 atom stereocenters. The third kappa shape index (κ3) is 5.91. The first-order valence-electron chi connectivity index (χ1n) is 9.79. The summed E-state index contributed by atoms with van der Waals surface area (Å²) >= 11 is 6.27. The van der Waals surface area contributed by atoms with Crippen molar-refractivity contribution in [2.24, 2.45) is 0 Å². The average molecular weight is 425 g/mol. The molecule has 3 aromatic rings. The Balaban J connectivity index is 1.74. The fourth-order valence-corrected chi connectivity index (χ4v) is 3.16. The molecule has 0 radical (unpaired) electrons. The van der Waals surface area contributed by atoms with Crippen molar-refractivity contribution in [1.82, 2.24) is 0 Å². The van der Waals surface area contributed by atoms with Gasteiger partial charge in [-0.05, 0) is 43.3 Å². The average Bonchev–Trinajstić information content (AvgIpc) is 2.73. The van der Waals surface area contributed by atoms with E-state index in [9.17, 15) is 4.79 Å². The summed E-state index contributed by atoms with van der Waals surface area (Å²) in [6, 6.07) is 21.0. The van der Waals surface area contributed by atoms with Crippen LogP contribution in [0.25, 0.3) is 0 Å². The lowest BCUT2D eigenvalue weighted by atomic mass is 10.1. The molecule has 0 fully saturated rings. The standard InChI is InChI=1S/C24H25ClN2O3/c1-3-29-23-10-6-8-18(24(23)30-16-19-7-4-5-9-22(19)25)15-26-20-11-13-21(14-12-20)27-17(2)28/h4-14,26H,3,15-16H2,1-2H3,(H,27,28). The van der Waals surface area contributed by atoms with Gasteiger partial charge >= 0.3 is 0 Å². The van der Waals surface area contributed by atoms with Crippen LogP contribution in [0.15, 0.2) is 66.7 Å². The van der Waals surface area contributed by atoms with Gasteiger partial charge in [0.15, 0.2) is 11.5 Å². The van der Waals surface area contributed by atoms with Crippen molar-refractivity contribution in [3.05, 3.63) is 82.9 Å². The van der Waals surface area contributed by atoms with Crippen molar-refractivity contribution >= 4 is 28.9 Å². The predicted molar refractivity (Wildman–Crippen MR) is 121 cm³/mol. The van der Waals surface area contributed by atoms with Gasteiger partial charge in [0, 0.05) is 41.0 Å². The highest BCUT2D eigenvalue weighted by Gasteiger charge is 2.12. The number of benzene rings is 3. The van der Waals surface area contributed by atoms with E-state index in [4.69, 9.17) is 21.1 Å². The van der Waals surface area contributed by atoms with Gasteiger partial charge in [-0.2, -0.15) is 0 Å². The monoisotopic (exact) mass is 424 g/mol. The third-order valence-electron chi connectivity index (χ3n) is 4.38. The van der Waals surface area contributed by atoms with Crippen LogP contribution in [0.1, 0.15) is 25.0 Å². The smallest absolute Gasteiger partial charge is 0.221 e.